The maximum absolute atomic E-state index is 13.0. The Hall–Kier alpha value is -3.35. The van der Waals surface area contributed by atoms with Crippen LogP contribution in [-0.2, 0) is 14.3 Å². The molecule has 5 rings (SSSR count). The van der Waals surface area contributed by atoms with Crippen LogP contribution in [0.1, 0.15) is 55.6 Å². The average Bonchev–Trinajstić information content (AvgIpc) is 3.21. The van der Waals surface area contributed by atoms with E-state index in [2.05, 4.69) is 29.6 Å². The number of carbonyl (C=O) groups is 3. The number of piperidine rings is 1. The Morgan fingerprint density at radius 2 is 1.51 bits per heavy atom. The van der Waals surface area contributed by atoms with E-state index in [0.29, 0.717) is 32.4 Å². The first-order chi connectivity index (χ1) is 17.0. The lowest BCUT2D eigenvalue weighted by molar-refractivity contribution is -0.147. The van der Waals surface area contributed by atoms with E-state index >= 15 is 0 Å². The van der Waals surface area contributed by atoms with E-state index in [-0.39, 0.29) is 36.3 Å². The second-order valence-electron chi connectivity index (χ2n) is 9.97. The predicted octanol–water partition coefficient (Wildman–Crippen LogP) is 4.41. The van der Waals surface area contributed by atoms with Crippen LogP contribution in [0.4, 0.5) is 4.79 Å². The minimum Gasteiger partial charge on any atom is -0.481 e. The number of carbonyl (C=O) groups excluding carboxylic acids is 2. The van der Waals surface area contributed by atoms with Gasteiger partial charge in [0.1, 0.15) is 6.61 Å². The zero-order valence-corrected chi connectivity index (χ0v) is 19.8. The van der Waals surface area contributed by atoms with Gasteiger partial charge in [0, 0.05) is 31.0 Å². The minimum absolute atomic E-state index is 0.0163. The molecule has 2 N–H and O–H groups in total. The number of fused-ring (bicyclic) bond motifs is 3. The molecule has 0 radical (unpaired) electrons. The molecule has 184 valence electrons. The highest BCUT2D eigenvalue weighted by Crippen LogP contribution is 2.44. The molecular weight excluding hydrogens is 444 g/mol. The third-order valence-electron chi connectivity index (χ3n) is 7.84. The molecule has 2 amide bonds. The maximum atomic E-state index is 13.0. The number of nitrogens with one attached hydrogen (secondary N) is 1. The van der Waals surface area contributed by atoms with Crippen molar-refractivity contribution in [1.82, 2.24) is 10.2 Å². The molecule has 2 aromatic rings. The van der Waals surface area contributed by atoms with Crippen molar-refractivity contribution in [3.05, 3.63) is 59.7 Å². The minimum atomic E-state index is -0.776. The Labute approximate surface area is 205 Å². The highest BCUT2D eigenvalue weighted by Gasteiger charge is 2.34. The van der Waals surface area contributed by atoms with Gasteiger partial charge in [-0.1, -0.05) is 55.0 Å². The van der Waals surface area contributed by atoms with Crippen LogP contribution < -0.4 is 5.32 Å². The first kappa shape index (κ1) is 23.4. The van der Waals surface area contributed by atoms with Gasteiger partial charge in [-0.3, -0.25) is 9.59 Å². The van der Waals surface area contributed by atoms with Gasteiger partial charge in [-0.2, -0.15) is 0 Å². The molecule has 2 aromatic carbocycles. The number of aliphatic carboxylic acids is 1. The molecule has 0 aromatic heterocycles. The second kappa shape index (κ2) is 10.1. The fourth-order valence-electron chi connectivity index (χ4n) is 5.96. The first-order valence-corrected chi connectivity index (χ1v) is 12.6. The third kappa shape index (κ3) is 4.90. The van der Waals surface area contributed by atoms with Crippen LogP contribution in [-0.4, -0.2) is 53.7 Å². The monoisotopic (exact) mass is 476 g/mol. The fourth-order valence-corrected chi connectivity index (χ4v) is 5.96. The van der Waals surface area contributed by atoms with Crippen molar-refractivity contribution in [1.29, 1.82) is 0 Å². The predicted molar refractivity (Wildman–Crippen MR) is 131 cm³/mol. The largest absolute Gasteiger partial charge is 0.481 e. The van der Waals surface area contributed by atoms with Gasteiger partial charge in [0.05, 0.1) is 5.92 Å². The standard InChI is InChI=1S/C28H32N2O5/c31-26(30-14-12-18(13-15-30)27(32)33)19-6-5-7-20(16-19)29-28(34)35-17-25-23-10-3-1-8-21(23)22-9-2-4-11-24(22)25/h1-4,8-11,18-20,25H,5-7,12-17H2,(H,29,34)(H,32,33)/t19-,20+/m1/s1. The van der Waals surface area contributed by atoms with Crippen molar-refractivity contribution < 1.29 is 24.2 Å². The molecule has 2 aliphatic carbocycles. The summed E-state index contributed by atoms with van der Waals surface area (Å²) < 4.78 is 5.69. The number of ether oxygens (including phenoxy) is 1. The second-order valence-corrected chi connectivity index (χ2v) is 9.97. The Kier molecular flexibility index (Phi) is 6.75. The normalized spacial score (nSPS) is 22.2. The summed E-state index contributed by atoms with van der Waals surface area (Å²) in [7, 11) is 0. The molecular formula is C28H32N2O5. The van der Waals surface area contributed by atoms with E-state index in [4.69, 9.17) is 4.74 Å². The molecule has 1 heterocycles. The van der Waals surface area contributed by atoms with Gasteiger partial charge < -0.3 is 20.1 Å². The maximum Gasteiger partial charge on any atom is 0.407 e. The van der Waals surface area contributed by atoms with Crippen LogP contribution in [0, 0.1) is 11.8 Å². The molecule has 2 atom stereocenters. The highest BCUT2D eigenvalue weighted by atomic mass is 16.5. The van der Waals surface area contributed by atoms with Crippen LogP contribution in [0.5, 0.6) is 0 Å². The smallest absolute Gasteiger partial charge is 0.407 e. The van der Waals surface area contributed by atoms with Gasteiger partial charge in [-0.25, -0.2) is 4.79 Å². The number of carboxylic acid groups (broad SMARTS) is 1. The number of likely N-dealkylation sites (tertiary alicyclic amines) is 1. The topological polar surface area (TPSA) is 95.9 Å². The zero-order chi connectivity index (χ0) is 24.4. The average molecular weight is 477 g/mol. The number of hydrogen-bond donors (Lipinski definition) is 2. The Morgan fingerprint density at radius 1 is 0.886 bits per heavy atom. The van der Waals surface area contributed by atoms with Gasteiger partial charge in [0.15, 0.2) is 0 Å². The van der Waals surface area contributed by atoms with Crippen LogP contribution in [0.3, 0.4) is 0 Å². The Balaban J connectivity index is 1.14. The van der Waals surface area contributed by atoms with Crippen LogP contribution in [0.25, 0.3) is 11.1 Å². The van der Waals surface area contributed by atoms with Crippen LogP contribution >= 0.6 is 0 Å². The van der Waals surface area contributed by atoms with Crippen LogP contribution in [0.15, 0.2) is 48.5 Å². The van der Waals surface area contributed by atoms with E-state index in [0.717, 1.165) is 19.3 Å². The van der Waals surface area contributed by atoms with Crippen LogP contribution in [0.2, 0.25) is 0 Å². The van der Waals surface area contributed by atoms with Gasteiger partial charge in [-0.15, -0.1) is 0 Å². The molecule has 7 heteroatoms. The molecule has 3 aliphatic rings. The Bertz CT molecular complexity index is 1060. The van der Waals surface area contributed by atoms with E-state index in [9.17, 15) is 19.5 Å². The van der Waals surface area contributed by atoms with Crippen molar-refractivity contribution in [2.24, 2.45) is 11.8 Å². The molecule has 35 heavy (non-hydrogen) atoms. The lowest BCUT2D eigenvalue weighted by atomic mass is 9.84. The molecule has 1 saturated carbocycles. The summed E-state index contributed by atoms with van der Waals surface area (Å²) in [5.74, 6) is -1.16. The van der Waals surface area contributed by atoms with E-state index in [1.807, 2.05) is 24.3 Å². The SMILES string of the molecule is O=C(N[C@H]1CCC[C@@H](C(=O)N2CCC(C(=O)O)CC2)C1)OCC1c2ccccc2-c2ccccc21. The summed E-state index contributed by atoms with van der Waals surface area (Å²) >= 11 is 0. The number of nitrogens with zero attached hydrogens (tertiary/aromatic N) is 1. The van der Waals surface area contributed by atoms with Crippen molar-refractivity contribution >= 4 is 18.0 Å². The summed E-state index contributed by atoms with van der Waals surface area (Å²) in [6, 6.07) is 16.4. The van der Waals surface area contributed by atoms with Crippen molar-refractivity contribution in [3.63, 3.8) is 0 Å². The quantitative estimate of drug-likeness (QED) is 0.667. The number of hydrogen-bond acceptors (Lipinski definition) is 4. The van der Waals surface area contributed by atoms with Crippen molar-refractivity contribution in [2.75, 3.05) is 19.7 Å². The van der Waals surface area contributed by atoms with Gasteiger partial charge in [-0.05, 0) is 54.4 Å². The van der Waals surface area contributed by atoms with E-state index in [1.165, 1.54) is 22.3 Å². The number of alkyl carbamates (subject to hydrolysis) is 1. The van der Waals surface area contributed by atoms with Gasteiger partial charge >= 0.3 is 12.1 Å². The third-order valence-corrected chi connectivity index (χ3v) is 7.84. The number of carboxylic acids is 1. The molecule has 1 saturated heterocycles. The summed E-state index contributed by atoms with van der Waals surface area (Å²) in [5, 5.41) is 12.2. The van der Waals surface area contributed by atoms with Gasteiger partial charge in [0.25, 0.3) is 0 Å². The van der Waals surface area contributed by atoms with Crippen molar-refractivity contribution in [2.45, 2.75) is 50.5 Å². The zero-order valence-electron chi connectivity index (χ0n) is 19.8. The summed E-state index contributed by atoms with van der Waals surface area (Å²) in [4.78, 5) is 38.7. The van der Waals surface area contributed by atoms with Gasteiger partial charge in [0.2, 0.25) is 5.91 Å². The molecule has 1 aliphatic heterocycles. The van der Waals surface area contributed by atoms with Crippen molar-refractivity contribution in [3.8, 4) is 11.1 Å². The molecule has 0 bridgehead atoms. The highest BCUT2D eigenvalue weighted by molar-refractivity contribution is 5.80. The summed E-state index contributed by atoms with van der Waals surface area (Å²) in [6.07, 6.45) is 3.69. The van der Waals surface area contributed by atoms with E-state index in [1.54, 1.807) is 4.90 Å². The van der Waals surface area contributed by atoms with E-state index < -0.39 is 12.1 Å². The lowest BCUT2D eigenvalue weighted by Crippen LogP contribution is -2.46. The Morgan fingerprint density at radius 3 is 2.14 bits per heavy atom. The first-order valence-electron chi connectivity index (χ1n) is 12.6. The summed E-state index contributed by atoms with van der Waals surface area (Å²) in [6.45, 7) is 1.26. The molecule has 2 fully saturated rings. The molecule has 0 unspecified atom stereocenters. The lowest BCUT2D eigenvalue weighted by Gasteiger charge is -2.35. The molecule has 0 spiro atoms. The fraction of sp³-hybridized carbons (Fsp3) is 0.464. The number of benzene rings is 2. The number of rotatable bonds is 5. The summed E-state index contributed by atoms with van der Waals surface area (Å²) in [5.41, 5.74) is 4.74. The number of amides is 2. The molecule has 7 nitrogen and oxygen atoms in total.